The van der Waals surface area contributed by atoms with E-state index >= 15 is 0 Å². The molecule has 0 aliphatic heterocycles. The van der Waals surface area contributed by atoms with Crippen molar-refractivity contribution >= 4 is 5.91 Å². The first-order valence-electron chi connectivity index (χ1n) is 9.08. The molecule has 1 atom stereocenters. The highest BCUT2D eigenvalue weighted by molar-refractivity contribution is 5.76. The average molecular weight is 320 g/mol. The van der Waals surface area contributed by atoms with Crippen molar-refractivity contribution in [2.75, 3.05) is 20.6 Å². The molecule has 3 nitrogen and oxygen atoms in total. The first-order valence-corrected chi connectivity index (χ1v) is 9.08. The van der Waals surface area contributed by atoms with Gasteiger partial charge in [-0.2, -0.15) is 0 Å². The van der Waals surface area contributed by atoms with E-state index in [2.05, 4.69) is 57.5 Å². The van der Waals surface area contributed by atoms with Crippen molar-refractivity contribution in [2.24, 2.45) is 0 Å². The maximum atomic E-state index is 12.0. The number of benzene rings is 1. The molecule has 0 radical (unpaired) electrons. The monoisotopic (exact) mass is 319 g/mol. The molecule has 0 aliphatic carbocycles. The second-order valence-electron chi connectivity index (χ2n) is 7.39. The van der Waals surface area contributed by atoms with Gasteiger partial charge in [-0.25, -0.2) is 0 Å². The number of carbonyl (C=O) groups excluding carboxylic acids is 1. The summed E-state index contributed by atoms with van der Waals surface area (Å²) in [7, 11) is 4.45. The van der Waals surface area contributed by atoms with Crippen molar-refractivity contribution in [1.82, 2.24) is 5.32 Å². The van der Waals surface area contributed by atoms with Crippen LogP contribution in [0.15, 0.2) is 30.3 Å². The molecule has 1 N–H and O–H groups in total. The third kappa shape index (κ3) is 9.39. The number of rotatable bonds is 11. The number of hydrogen-bond acceptors (Lipinski definition) is 1. The zero-order valence-electron chi connectivity index (χ0n) is 15.5. The van der Waals surface area contributed by atoms with Gasteiger partial charge in [-0.1, -0.05) is 62.9 Å². The molecule has 0 aromatic heterocycles. The number of amides is 1. The molecule has 1 aromatic rings. The number of nitrogens with one attached hydrogen (secondary N) is 1. The van der Waals surface area contributed by atoms with Gasteiger partial charge in [0.2, 0.25) is 5.91 Å². The Balaban J connectivity index is 2.28. The second kappa shape index (κ2) is 10.4. The van der Waals surface area contributed by atoms with Gasteiger partial charge < -0.3 is 9.80 Å². The van der Waals surface area contributed by atoms with Crippen LogP contribution in [0, 0.1) is 0 Å². The largest absolute Gasteiger partial charge is 0.348 e. The zero-order valence-corrected chi connectivity index (χ0v) is 15.5. The Hall–Kier alpha value is -1.35. The highest BCUT2D eigenvalue weighted by Crippen LogP contribution is 2.10. The standard InChI is InChI=1S/C20H34N2O/c1-5-6-7-8-12-15-20(23)21-18(2)16-22(3,4)17-19-13-10-9-11-14-19/h9-11,13-14,18H,5-8,12,15-17H2,1-4H3/p+1. The van der Waals surface area contributed by atoms with Crippen molar-refractivity contribution in [1.29, 1.82) is 0 Å². The lowest BCUT2D eigenvalue weighted by atomic mass is 10.1. The molecular formula is C20H35N2O+. The molecule has 0 spiro atoms. The molecule has 1 rings (SSSR count). The molecule has 0 saturated heterocycles. The highest BCUT2D eigenvalue weighted by atomic mass is 16.1. The number of unbranched alkanes of at least 4 members (excludes halogenated alkanes) is 4. The molecule has 1 aromatic carbocycles. The Morgan fingerprint density at radius 3 is 2.39 bits per heavy atom. The lowest BCUT2D eigenvalue weighted by molar-refractivity contribution is -0.904. The van der Waals surface area contributed by atoms with E-state index in [1.54, 1.807) is 0 Å². The van der Waals surface area contributed by atoms with Crippen LogP contribution in [0.1, 0.15) is 57.9 Å². The van der Waals surface area contributed by atoms with Crippen molar-refractivity contribution in [3.63, 3.8) is 0 Å². The number of likely N-dealkylation sites (N-methyl/N-ethyl adjacent to an activating group) is 1. The summed E-state index contributed by atoms with van der Waals surface area (Å²) >= 11 is 0. The van der Waals surface area contributed by atoms with Crippen LogP contribution >= 0.6 is 0 Å². The van der Waals surface area contributed by atoms with Crippen LogP contribution in [-0.2, 0) is 11.3 Å². The maximum absolute atomic E-state index is 12.0. The summed E-state index contributed by atoms with van der Waals surface area (Å²) in [6, 6.07) is 10.8. The van der Waals surface area contributed by atoms with E-state index in [-0.39, 0.29) is 11.9 Å². The van der Waals surface area contributed by atoms with E-state index in [1.807, 2.05) is 6.07 Å². The Kier molecular flexibility index (Phi) is 8.93. The molecule has 1 amide bonds. The van der Waals surface area contributed by atoms with Crippen LogP contribution in [-0.4, -0.2) is 37.1 Å². The summed E-state index contributed by atoms with van der Waals surface area (Å²) < 4.78 is 0.877. The average Bonchev–Trinajstić information content (AvgIpc) is 2.46. The Labute approximate surface area is 142 Å². The van der Waals surface area contributed by atoms with Gasteiger partial charge in [0, 0.05) is 12.0 Å². The smallest absolute Gasteiger partial charge is 0.220 e. The first kappa shape index (κ1) is 19.7. The molecule has 0 saturated carbocycles. The van der Waals surface area contributed by atoms with Crippen LogP contribution in [0.3, 0.4) is 0 Å². The summed E-state index contributed by atoms with van der Waals surface area (Å²) in [5.41, 5.74) is 1.34. The van der Waals surface area contributed by atoms with Crippen LogP contribution < -0.4 is 5.32 Å². The van der Waals surface area contributed by atoms with Crippen LogP contribution in [0.5, 0.6) is 0 Å². The normalized spacial score (nSPS) is 12.9. The predicted octanol–water partition coefficient (Wildman–Crippen LogP) is 4.13. The molecular weight excluding hydrogens is 284 g/mol. The summed E-state index contributed by atoms with van der Waals surface area (Å²) in [5, 5.41) is 3.16. The quantitative estimate of drug-likeness (QED) is 0.482. The molecule has 1 unspecified atom stereocenters. The van der Waals surface area contributed by atoms with Gasteiger partial charge in [-0.3, -0.25) is 4.79 Å². The van der Waals surface area contributed by atoms with E-state index in [4.69, 9.17) is 0 Å². The summed E-state index contributed by atoms with van der Waals surface area (Å²) in [6.07, 6.45) is 6.63. The molecule has 0 bridgehead atoms. The zero-order chi connectivity index (χ0) is 17.1. The van der Waals surface area contributed by atoms with E-state index < -0.39 is 0 Å². The minimum absolute atomic E-state index is 0.203. The molecule has 0 aliphatic rings. The minimum atomic E-state index is 0.203. The lowest BCUT2D eigenvalue weighted by Crippen LogP contribution is -2.49. The lowest BCUT2D eigenvalue weighted by Gasteiger charge is -2.32. The Morgan fingerprint density at radius 2 is 1.74 bits per heavy atom. The first-order chi connectivity index (χ1) is 10.9. The summed E-state index contributed by atoms with van der Waals surface area (Å²) in [5.74, 6) is 0.203. The van der Waals surface area contributed by atoms with Gasteiger partial charge in [0.25, 0.3) is 0 Å². The fourth-order valence-electron chi connectivity index (χ4n) is 3.17. The van der Waals surface area contributed by atoms with Crippen LogP contribution in [0.4, 0.5) is 0 Å². The minimum Gasteiger partial charge on any atom is -0.348 e. The van der Waals surface area contributed by atoms with E-state index in [9.17, 15) is 4.79 Å². The van der Waals surface area contributed by atoms with Crippen molar-refractivity contribution in [3.8, 4) is 0 Å². The topological polar surface area (TPSA) is 29.1 Å². The van der Waals surface area contributed by atoms with Gasteiger partial charge in [0.1, 0.15) is 6.54 Å². The molecule has 130 valence electrons. The summed E-state index contributed by atoms with van der Waals surface area (Å²) in [6.45, 7) is 6.25. The predicted molar refractivity (Wildman–Crippen MR) is 98.1 cm³/mol. The van der Waals surface area contributed by atoms with E-state index in [1.165, 1.54) is 31.2 Å². The van der Waals surface area contributed by atoms with Gasteiger partial charge in [0.05, 0.1) is 26.7 Å². The van der Waals surface area contributed by atoms with E-state index in [0.717, 1.165) is 24.0 Å². The Morgan fingerprint density at radius 1 is 1.09 bits per heavy atom. The maximum Gasteiger partial charge on any atom is 0.220 e. The van der Waals surface area contributed by atoms with Crippen molar-refractivity contribution in [2.45, 2.75) is 65.0 Å². The summed E-state index contributed by atoms with van der Waals surface area (Å²) in [4.78, 5) is 12.0. The highest BCUT2D eigenvalue weighted by Gasteiger charge is 2.20. The molecule has 3 heteroatoms. The number of hydrogen-bond donors (Lipinski definition) is 1. The number of nitrogens with zero attached hydrogens (tertiary/aromatic N) is 1. The fraction of sp³-hybridized carbons (Fsp3) is 0.650. The third-order valence-corrected chi connectivity index (χ3v) is 4.14. The van der Waals surface area contributed by atoms with Crippen molar-refractivity contribution < 1.29 is 9.28 Å². The molecule has 0 fully saturated rings. The van der Waals surface area contributed by atoms with Gasteiger partial charge >= 0.3 is 0 Å². The van der Waals surface area contributed by atoms with Crippen LogP contribution in [0.2, 0.25) is 0 Å². The van der Waals surface area contributed by atoms with Gasteiger partial charge in [0.15, 0.2) is 0 Å². The third-order valence-electron chi connectivity index (χ3n) is 4.14. The number of quaternary nitrogens is 1. The second-order valence-corrected chi connectivity index (χ2v) is 7.39. The molecule has 23 heavy (non-hydrogen) atoms. The molecule has 0 heterocycles. The van der Waals surface area contributed by atoms with E-state index in [0.29, 0.717) is 6.42 Å². The number of carbonyl (C=O) groups is 1. The SMILES string of the molecule is CCCCCCCC(=O)NC(C)C[N+](C)(C)Cc1ccccc1. The van der Waals surface area contributed by atoms with Gasteiger partial charge in [-0.15, -0.1) is 0 Å². The van der Waals surface area contributed by atoms with Crippen molar-refractivity contribution in [3.05, 3.63) is 35.9 Å². The van der Waals surface area contributed by atoms with Crippen LogP contribution in [0.25, 0.3) is 0 Å². The van der Waals surface area contributed by atoms with Gasteiger partial charge in [-0.05, 0) is 13.3 Å². The fourth-order valence-corrected chi connectivity index (χ4v) is 3.17. The Bertz CT molecular complexity index is 442.